The standard InChI is InChI=1S/C68H48/c1-67(2)56-32-18-16-30-53(56)64-58(67)39-38-52-55(40-59-65(66(52)64)54-31-17-19-33-57(54)68(59,3)4)63-50-28-14-12-26-48(50)62(49-27-13-15-29-51(49)63)43-36-34-42(35-37-43)61-46-24-10-8-22-44(46)60(41-20-6-5-7-21-41)45-23-9-11-25-47(45)61/h5-40H,1-4H3. The topological polar surface area (TPSA) is 0 Å². The van der Waals surface area contributed by atoms with Crippen LogP contribution in [0.5, 0.6) is 0 Å². The molecule has 320 valence electrons. The van der Waals surface area contributed by atoms with Crippen LogP contribution in [0.3, 0.4) is 0 Å². The number of rotatable bonds is 4. The molecule has 0 N–H and O–H groups in total. The number of fused-ring (bicyclic) bond motifs is 13. The van der Waals surface area contributed by atoms with Gasteiger partial charge >= 0.3 is 0 Å². The Bertz CT molecular complexity index is 3980. The third-order valence-electron chi connectivity index (χ3n) is 16.0. The Morgan fingerprint density at radius 3 is 1.00 bits per heavy atom. The molecule has 0 saturated carbocycles. The van der Waals surface area contributed by atoms with Crippen molar-refractivity contribution in [2.24, 2.45) is 0 Å². The zero-order valence-electron chi connectivity index (χ0n) is 38.8. The van der Waals surface area contributed by atoms with Crippen LogP contribution >= 0.6 is 0 Å². The Balaban J connectivity index is 1.02. The van der Waals surface area contributed by atoms with Crippen LogP contribution in [0.25, 0.3) is 121 Å². The first-order chi connectivity index (χ1) is 33.3. The molecule has 68 heavy (non-hydrogen) atoms. The predicted molar refractivity (Wildman–Crippen MR) is 291 cm³/mol. The normalized spacial score (nSPS) is 14.1. The molecule has 0 aromatic heterocycles. The highest BCUT2D eigenvalue weighted by molar-refractivity contribution is 6.27. The minimum atomic E-state index is -0.183. The maximum absolute atomic E-state index is 2.58. The summed E-state index contributed by atoms with van der Waals surface area (Å²) in [5.41, 5.74) is 21.0. The second-order valence-electron chi connectivity index (χ2n) is 20.2. The maximum Gasteiger partial charge on any atom is 0.0159 e. The van der Waals surface area contributed by atoms with Crippen molar-refractivity contribution in [1.29, 1.82) is 0 Å². The summed E-state index contributed by atoms with van der Waals surface area (Å²) in [5, 5.41) is 12.9. The van der Waals surface area contributed by atoms with Gasteiger partial charge in [-0.3, -0.25) is 0 Å². The Kier molecular flexibility index (Phi) is 8.19. The molecule has 12 aromatic rings. The van der Waals surface area contributed by atoms with Gasteiger partial charge in [-0.2, -0.15) is 0 Å². The van der Waals surface area contributed by atoms with Crippen LogP contribution < -0.4 is 0 Å². The van der Waals surface area contributed by atoms with E-state index in [9.17, 15) is 0 Å². The summed E-state index contributed by atoms with van der Waals surface area (Å²) < 4.78 is 0. The first kappa shape index (κ1) is 39.1. The SMILES string of the molecule is CC1(C)c2ccccc2-c2c1ccc1c(-c3c4ccccc4c(-c4ccc(-c5c6ccccc6c(-c6ccccc6)c6ccccc56)cc4)c4ccccc34)cc3c(c21)-c1ccccc1C3(C)C. The minimum absolute atomic E-state index is 0.112. The molecular weight excluding hydrogens is 817 g/mol. The van der Waals surface area contributed by atoms with Crippen LogP contribution in [0, 0.1) is 0 Å². The molecule has 2 aliphatic rings. The number of hydrogen-bond acceptors (Lipinski definition) is 0. The first-order valence-corrected chi connectivity index (χ1v) is 24.2. The van der Waals surface area contributed by atoms with Gasteiger partial charge in [0.25, 0.3) is 0 Å². The Labute approximate surface area is 397 Å². The summed E-state index contributed by atoms with van der Waals surface area (Å²) in [6.07, 6.45) is 0. The highest BCUT2D eigenvalue weighted by Crippen LogP contribution is 2.60. The van der Waals surface area contributed by atoms with Crippen molar-refractivity contribution >= 4 is 53.9 Å². The monoisotopic (exact) mass is 864 g/mol. The zero-order chi connectivity index (χ0) is 45.5. The Hall–Kier alpha value is -8.06. The summed E-state index contributed by atoms with van der Waals surface area (Å²) in [4.78, 5) is 0. The lowest BCUT2D eigenvalue weighted by Crippen LogP contribution is -2.15. The smallest absolute Gasteiger partial charge is 0.0159 e. The average molecular weight is 865 g/mol. The molecular formula is C68H48. The average Bonchev–Trinajstić information content (AvgIpc) is 3.76. The molecule has 0 bridgehead atoms. The molecule has 12 aromatic carbocycles. The molecule has 0 heterocycles. The molecule has 14 rings (SSSR count). The van der Waals surface area contributed by atoms with Crippen LogP contribution in [-0.4, -0.2) is 0 Å². The largest absolute Gasteiger partial charge is 0.0622 e. The van der Waals surface area contributed by atoms with Gasteiger partial charge < -0.3 is 0 Å². The van der Waals surface area contributed by atoms with Gasteiger partial charge in [0.15, 0.2) is 0 Å². The highest BCUT2D eigenvalue weighted by Gasteiger charge is 2.42. The first-order valence-electron chi connectivity index (χ1n) is 24.2. The molecule has 0 unspecified atom stereocenters. The van der Waals surface area contributed by atoms with Gasteiger partial charge in [0.1, 0.15) is 0 Å². The van der Waals surface area contributed by atoms with Crippen molar-refractivity contribution in [3.63, 3.8) is 0 Å². The Morgan fingerprint density at radius 1 is 0.221 bits per heavy atom. The van der Waals surface area contributed by atoms with Crippen molar-refractivity contribution in [3.05, 3.63) is 241 Å². The lowest BCUT2D eigenvalue weighted by Gasteiger charge is -2.26. The quantitative estimate of drug-likeness (QED) is 0.155. The van der Waals surface area contributed by atoms with Gasteiger partial charge in [0.2, 0.25) is 0 Å². The van der Waals surface area contributed by atoms with Gasteiger partial charge in [0, 0.05) is 10.8 Å². The molecule has 0 spiro atoms. The van der Waals surface area contributed by atoms with Crippen molar-refractivity contribution in [2.45, 2.75) is 38.5 Å². The number of benzene rings is 12. The van der Waals surface area contributed by atoms with Crippen molar-refractivity contribution in [1.82, 2.24) is 0 Å². The molecule has 0 amide bonds. The van der Waals surface area contributed by atoms with Crippen LogP contribution in [-0.2, 0) is 10.8 Å². The van der Waals surface area contributed by atoms with Gasteiger partial charge in [-0.25, -0.2) is 0 Å². The van der Waals surface area contributed by atoms with Crippen molar-refractivity contribution < 1.29 is 0 Å². The second kappa shape index (κ2) is 14.2. The van der Waals surface area contributed by atoms with E-state index in [-0.39, 0.29) is 10.8 Å². The van der Waals surface area contributed by atoms with E-state index in [1.807, 2.05) is 0 Å². The number of hydrogen-bond donors (Lipinski definition) is 0. The van der Waals surface area contributed by atoms with E-state index in [0.29, 0.717) is 0 Å². The van der Waals surface area contributed by atoms with Crippen molar-refractivity contribution in [3.8, 4) is 66.8 Å². The molecule has 0 radical (unpaired) electrons. The summed E-state index contributed by atoms with van der Waals surface area (Å²) >= 11 is 0. The van der Waals surface area contributed by atoms with E-state index in [1.54, 1.807) is 0 Å². The van der Waals surface area contributed by atoms with E-state index in [0.717, 1.165) is 0 Å². The highest BCUT2D eigenvalue weighted by atomic mass is 14.4. The molecule has 2 aliphatic carbocycles. The summed E-state index contributed by atoms with van der Waals surface area (Å²) in [6.45, 7) is 9.68. The molecule has 0 heteroatoms. The van der Waals surface area contributed by atoms with Gasteiger partial charge in [-0.1, -0.05) is 240 Å². The fraction of sp³-hybridized carbons (Fsp3) is 0.0882. The Morgan fingerprint density at radius 2 is 0.559 bits per heavy atom. The summed E-state index contributed by atoms with van der Waals surface area (Å²) in [6, 6.07) is 82.3. The minimum Gasteiger partial charge on any atom is -0.0622 e. The third kappa shape index (κ3) is 5.26. The van der Waals surface area contributed by atoms with E-state index in [4.69, 9.17) is 0 Å². The second-order valence-corrected chi connectivity index (χ2v) is 20.2. The lowest BCUT2D eigenvalue weighted by atomic mass is 9.77. The van der Waals surface area contributed by atoms with E-state index < -0.39 is 0 Å². The maximum atomic E-state index is 2.58. The molecule has 0 saturated heterocycles. The fourth-order valence-corrected chi connectivity index (χ4v) is 13.0. The van der Waals surface area contributed by atoms with E-state index in [1.165, 1.54) is 143 Å². The van der Waals surface area contributed by atoms with Gasteiger partial charge in [0.05, 0.1) is 0 Å². The van der Waals surface area contributed by atoms with Gasteiger partial charge in [-0.05, 0) is 149 Å². The van der Waals surface area contributed by atoms with Crippen molar-refractivity contribution in [2.75, 3.05) is 0 Å². The molecule has 0 aliphatic heterocycles. The summed E-state index contributed by atoms with van der Waals surface area (Å²) in [7, 11) is 0. The third-order valence-corrected chi connectivity index (χ3v) is 16.0. The van der Waals surface area contributed by atoms with Crippen LogP contribution in [0.4, 0.5) is 0 Å². The van der Waals surface area contributed by atoms with Crippen LogP contribution in [0.2, 0.25) is 0 Å². The predicted octanol–water partition coefficient (Wildman–Crippen LogP) is 18.7. The van der Waals surface area contributed by atoms with Crippen LogP contribution in [0.15, 0.2) is 218 Å². The molecule has 0 atom stereocenters. The molecule has 0 fully saturated rings. The van der Waals surface area contributed by atoms with E-state index in [2.05, 4.69) is 246 Å². The lowest BCUT2D eigenvalue weighted by molar-refractivity contribution is 0.660. The molecule has 0 nitrogen and oxygen atoms in total. The van der Waals surface area contributed by atoms with Gasteiger partial charge in [-0.15, -0.1) is 0 Å². The van der Waals surface area contributed by atoms with Crippen LogP contribution in [0.1, 0.15) is 49.9 Å². The summed E-state index contributed by atoms with van der Waals surface area (Å²) in [5.74, 6) is 0. The fourth-order valence-electron chi connectivity index (χ4n) is 13.0. The zero-order valence-corrected chi connectivity index (χ0v) is 38.8. The van der Waals surface area contributed by atoms with E-state index >= 15 is 0 Å².